The van der Waals surface area contributed by atoms with E-state index in [2.05, 4.69) is 16.8 Å². The van der Waals surface area contributed by atoms with Gasteiger partial charge in [0.1, 0.15) is 5.82 Å². The van der Waals surface area contributed by atoms with Gasteiger partial charge in [-0.15, -0.1) is 0 Å². The highest BCUT2D eigenvalue weighted by Crippen LogP contribution is 2.34. The molecule has 0 aliphatic carbocycles. The van der Waals surface area contributed by atoms with Gasteiger partial charge >= 0.3 is 0 Å². The van der Waals surface area contributed by atoms with Crippen LogP contribution in [0.2, 0.25) is 0 Å². The number of likely N-dealkylation sites (N-methyl/N-ethyl adjacent to an activating group) is 1. The van der Waals surface area contributed by atoms with Crippen LogP contribution in [0.25, 0.3) is 0 Å². The molecule has 110 valence electrons. The molecule has 2 heterocycles. The van der Waals surface area contributed by atoms with Crippen LogP contribution >= 0.6 is 0 Å². The average Bonchev–Trinajstić information content (AvgIpc) is 2.64. The van der Waals surface area contributed by atoms with Crippen molar-refractivity contribution in [1.29, 1.82) is 0 Å². The van der Waals surface area contributed by atoms with Crippen LogP contribution in [0.15, 0.2) is 18.2 Å². The first-order chi connectivity index (χ1) is 9.58. The SMILES string of the molecule is C[C@H](N)c1cccc(F)c1N1CCC2CCC(C1)N2C. The Morgan fingerprint density at radius 2 is 2.00 bits per heavy atom. The molecule has 0 amide bonds. The molecule has 2 bridgehead atoms. The largest absolute Gasteiger partial charge is 0.367 e. The molecule has 3 atom stereocenters. The van der Waals surface area contributed by atoms with E-state index < -0.39 is 0 Å². The summed E-state index contributed by atoms with van der Waals surface area (Å²) in [6.07, 6.45) is 3.62. The molecule has 2 N–H and O–H groups in total. The minimum Gasteiger partial charge on any atom is -0.367 e. The number of nitrogens with two attached hydrogens (primary N) is 1. The topological polar surface area (TPSA) is 32.5 Å². The van der Waals surface area contributed by atoms with E-state index in [1.165, 1.54) is 12.8 Å². The number of para-hydroxylation sites is 1. The van der Waals surface area contributed by atoms with Gasteiger partial charge in [0.15, 0.2) is 0 Å². The number of benzene rings is 1. The Morgan fingerprint density at radius 1 is 1.25 bits per heavy atom. The van der Waals surface area contributed by atoms with Gasteiger partial charge in [-0.2, -0.15) is 0 Å². The highest BCUT2D eigenvalue weighted by atomic mass is 19.1. The summed E-state index contributed by atoms with van der Waals surface area (Å²) in [6.45, 7) is 3.76. The lowest BCUT2D eigenvalue weighted by Gasteiger charge is -2.30. The molecule has 2 aliphatic rings. The van der Waals surface area contributed by atoms with Crippen molar-refractivity contribution in [2.45, 2.75) is 44.3 Å². The van der Waals surface area contributed by atoms with E-state index in [-0.39, 0.29) is 11.9 Å². The van der Waals surface area contributed by atoms with Crippen LogP contribution in [-0.4, -0.2) is 37.1 Å². The number of halogens is 1. The molecule has 1 aromatic rings. The minimum absolute atomic E-state index is 0.139. The lowest BCUT2D eigenvalue weighted by atomic mass is 10.0. The normalized spacial score (nSPS) is 28.5. The number of hydrogen-bond donors (Lipinski definition) is 1. The van der Waals surface area contributed by atoms with Crippen molar-refractivity contribution in [3.8, 4) is 0 Å². The maximum absolute atomic E-state index is 14.4. The summed E-state index contributed by atoms with van der Waals surface area (Å²) in [5.41, 5.74) is 7.68. The molecule has 3 nitrogen and oxygen atoms in total. The Bertz CT molecular complexity index is 489. The maximum atomic E-state index is 14.4. The van der Waals surface area contributed by atoms with E-state index in [1.54, 1.807) is 12.1 Å². The quantitative estimate of drug-likeness (QED) is 0.901. The maximum Gasteiger partial charge on any atom is 0.146 e. The van der Waals surface area contributed by atoms with Gasteiger partial charge in [-0.25, -0.2) is 4.39 Å². The smallest absolute Gasteiger partial charge is 0.146 e. The fourth-order valence-electron chi connectivity index (χ4n) is 3.74. The van der Waals surface area contributed by atoms with Gasteiger partial charge in [0.25, 0.3) is 0 Å². The fourth-order valence-corrected chi connectivity index (χ4v) is 3.74. The van der Waals surface area contributed by atoms with Crippen molar-refractivity contribution in [2.75, 3.05) is 25.0 Å². The third kappa shape index (κ3) is 2.31. The Kier molecular flexibility index (Phi) is 3.69. The van der Waals surface area contributed by atoms with Crippen LogP contribution in [0.4, 0.5) is 10.1 Å². The first-order valence-electron chi connectivity index (χ1n) is 7.59. The van der Waals surface area contributed by atoms with Gasteiger partial charge in [-0.1, -0.05) is 12.1 Å². The number of rotatable bonds is 2. The van der Waals surface area contributed by atoms with Gasteiger partial charge in [-0.3, -0.25) is 4.90 Å². The van der Waals surface area contributed by atoms with E-state index in [0.29, 0.717) is 12.1 Å². The first-order valence-corrected chi connectivity index (χ1v) is 7.59. The summed E-state index contributed by atoms with van der Waals surface area (Å²) in [5, 5.41) is 0. The second-order valence-corrected chi connectivity index (χ2v) is 6.25. The van der Waals surface area contributed by atoms with Crippen molar-refractivity contribution in [3.05, 3.63) is 29.6 Å². The molecule has 20 heavy (non-hydrogen) atoms. The van der Waals surface area contributed by atoms with Crippen LogP contribution in [-0.2, 0) is 0 Å². The van der Waals surface area contributed by atoms with Gasteiger partial charge in [-0.05, 0) is 44.9 Å². The highest BCUT2D eigenvalue weighted by Gasteiger charge is 2.35. The van der Waals surface area contributed by atoms with E-state index in [9.17, 15) is 4.39 Å². The molecular weight excluding hydrogens is 253 g/mol. The number of nitrogens with zero attached hydrogens (tertiary/aromatic N) is 2. The van der Waals surface area contributed by atoms with Gasteiger partial charge in [0.2, 0.25) is 0 Å². The zero-order valence-electron chi connectivity index (χ0n) is 12.3. The van der Waals surface area contributed by atoms with Crippen molar-refractivity contribution in [1.82, 2.24) is 4.90 Å². The molecule has 2 unspecified atom stereocenters. The Labute approximate surface area is 120 Å². The predicted molar refractivity (Wildman–Crippen MR) is 80.4 cm³/mol. The van der Waals surface area contributed by atoms with E-state index in [4.69, 9.17) is 5.73 Å². The zero-order chi connectivity index (χ0) is 14.3. The van der Waals surface area contributed by atoms with Gasteiger partial charge in [0.05, 0.1) is 5.69 Å². The molecule has 2 fully saturated rings. The van der Waals surface area contributed by atoms with Crippen molar-refractivity contribution < 1.29 is 4.39 Å². The van der Waals surface area contributed by atoms with Crippen LogP contribution in [0.5, 0.6) is 0 Å². The summed E-state index contributed by atoms with van der Waals surface area (Å²) < 4.78 is 14.4. The van der Waals surface area contributed by atoms with Crippen molar-refractivity contribution >= 4 is 5.69 Å². The summed E-state index contributed by atoms with van der Waals surface area (Å²) in [4.78, 5) is 4.70. The number of hydrogen-bond acceptors (Lipinski definition) is 3. The van der Waals surface area contributed by atoms with E-state index in [1.807, 2.05) is 13.0 Å². The summed E-state index contributed by atoms with van der Waals surface area (Å²) in [5.74, 6) is -0.139. The van der Waals surface area contributed by atoms with Crippen LogP contribution in [0.3, 0.4) is 0 Å². The van der Waals surface area contributed by atoms with Crippen LogP contribution < -0.4 is 10.6 Å². The summed E-state index contributed by atoms with van der Waals surface area (Å²) in [7, 11) is 2.21. The number of anilines is 1. The lowest BCUT2D eigenvalue weighted by Crippen LogP contribution is -2.37. The molecule has 0 aromatic heterocycles. The third-order valence-corrected chi connectivity index (χ3v) is 4.97. The van der Waals surface area contributed by atoms with E-state index in [0.717, 1.165) is 30.8 Å². The molecule has 4 heteroatoms. The molecule has 0 saturated carbocycles. The highest BCUT2D eigenvalue weighted by molar-refractivity contribution is 5.56. The fraction of sp³-hybridized carbons (Fsp3) is 0.625. The van der Waals surface area contributed by atoms with E-state index >= 15 is 0 Å². The zero-order valence-corrected chi connectivity index (χ0v) is 12.3. The van der Waals surface area contributed by atoms with Crippen molar-refractivity contribution in [2.24, 2.45) is 5.73 Å². The van der Waals surface area contributed by atoms with Gasteiger partial charge < -0.3 is 10.6 Å². The van der Waals surface area contributed by atoms with Crippen molar-refractivity contribution in [3.63, 3.8) is 0 Å². The van der Waals surface area contributed by atoms with Gasteiger partial charge in [0, 0.05) is 31.2 Å². The molecule has 0 radical (unpaired) electrons. The third-order valence-electron chi connectivity index (χ3n) is 4.97. The molecular formula is C16H24FN3. The second-order valence-electron chi connectivity index (χ2n) is 6.25. The summed E-state index contributed by atoms with van der Waals surface area (Å²) >= 11 is 0. The molecule has 2 saturated heterocycles. The van der Waals surface area contributed by atoms with Crippen LogP contribution in [0, 0.1) is 5.82 Å². The predicted octanol–water partition coefficient (Wildman–Crippen LogP) is 2.52. The average molecular weight is 277 g/mol. The Balaban J connectivity index is 1.93. The monoisotopic (exact) mass is 277 g/mol. The first kappa shape index (κ1) is 13.8. The minimum atomic E-state index is -0.140. The molecule has 2 aliphatic heterocycles. The van der Waals surface area contributed by atoms with Crippen LogP contribution in [0.1, 0.15) is 37.8 Å². The molecule has 0 spiro atoms. The second kappa shape index (κ2) is 5.34. The molecule has 1 aromatic carbocycles. The Hall–Kier alpha value is -1.13. The Morgan fingerprint density at radius 3 is 2.75 bits per heavy atom. The molecule has 3 rings (SSSR count). The standard InChI is InChI=1S/C16H24FN3/c1-11(18)14-4-3-5-15(17)16(14)20-9-8-12-6-7-13(10-20)19(12)2/h3-5,11-13H,6-10,18H2,1-2H3/t11-,12?,13?/m0/s1. The summed E-state index contributed by atoms with van der Waals surface area (Å²) in [6, 6.07) is 6.33. The lowest BCUT2D eigenvalue weighted by molar-refractivity contribution is 0.254. The number of fused-ring (bicyclic) bond motifs is 2.